The first-order valence-electron chi connectivity index (χ1n) is 52.3. The zero-order valence-corrected chi connectivity index (χ0v) is 80.8. The van der Waals surface area contributed by atoms with Crippen LogP contribution in [-0.4, -0.2) is 0 Å². The molecule has 0 aliphatic heterocycles. The van der Waals surface area contributed by atoms with Crippen molar-refractivity contribution in [3.05, 3.63) is 530 Å². The Balaban J connectivity index is 0.000000112. The molecule has 0 fully saturated rings. The molecular formula is C142H104. The lowest BCUT2D eigenvalue weighted by atomic mass is 9.80. The summed E-state index contributed by atoms with van der Waals surface area (Å²) in [5.41, 5.74) is 44.2. The van der Waals surface area contributed by atoms with Gasteiger partial charge < -0.3 is 0 Å². The van der Waals surface area contributed by atoms with Gasteiger partial charge >= 0.3 is 0 Å². The second-order valence-electron chi connectivity index (χ2n) is 41.1. The Labute approximate surface area is 839 Å². The molecule has 0 aromatic heterocycles. The molecule has 0 atom stereocenters. The van der Waals surface area contributed by atoms with Crippen molar-refractivity contribution in [3.63, 3.8) is 0 Å². The minimum Gasteiger partial charge on any atom is -0.0622 e. The van der Waals surface area contributed by atoms with Crippen LogP contribution in [0.25, 0.3) is 231 Å². The van der Waals surface area contributed by atoms with Crippen LogP contribution >= 0.6 is 0 Å². The summed E-state index contributed by atoms with van der Waals surface area (Å²) in [5, 5.41) is 17.0. The highest BCUT2D eigenvalue weighted by Crippen LogP contribution is 2.58. The maximum Gasteiger partial charge on any atom is 0.0629 e. The fourth-order valence-corrected chi connectivity index (χ4v) is 24.9. The molecule has 0 bridgehead atoms. The van der Waals surface area contributed by atoms with Gasteiger partial charge in [-0.3, -0.25) is 0 Å². The van der Waals surface area contributed by atoms with E-state index in [2.05, 4.69) is 480 Å². The van der Waals surface area contributed by atoms with Gasteiger partial charge in [0, 0.05) is 21.7 Å². The van der Waals surface area contributed by atoms with Gasteiger partial charge in [0.05, 0.1) is 6.85 Å². The Morgan fingerprint density at radius 1 is 0.134 bits per heavy atom. The second-order valence-corrected chi connectivity index (χ2v) is 41.1. The van der Waals surface area contributed by atoms with E-state index in [9.17, 15) is 0 Å². The lowest BCUT2D eigenvalue weighted by Gasteiger charge is -2.23. The first kappa shape index (κ1) is 80.1. The minimum absolute atomic E-state index is 0.0433. The zero-order valence-electron chi connectivity index (χ0n) is 85.8. The van der Waals surface area contributed by atoms with Crippen molar-refractivity contribution in [2.45, 2.75) is 77.0 Å². The number of fused-ring (bicyclic) bond motifs is 19. The van der Waals surface area contributed by atoms with E-state index in [1.807, 2.05) is 30.3 Å². The van der Waals surface area contributed by atoms with Crippen LogP contribution in [0.15, 0.2) is 485 Å². The fourth-order valence-electron chi connectivity index (χ4n) is 24.9. The quantitative estimate of drug-likeness (QED) is 0.120. The van der Waals surface area contributed by atoms with E-state index in [1.54, 1.807) is 0 Å². The van der Waals surface area contributed by atoms with Crippen molar-refractivity contribution >= 4 is 75.4 Å². The third-order valence-electron chi connectivity index (χ3n) is 31.9. The molecule has 4 aliphatic rings. The van der Waals surface area contributed by atoms with Crippen LogP contribution in [0, 0.1) is 0 Å². The van der Waals surface area contributed by atoms with Gasteiger partial charge in [-0.15, -0.1) is 0 Å². The Morgan fingerprint density at radius 2 is 0.359 bits per heavy atom. The Hall–Kier alpha value is -16.9. The third kappa shape index (κ3) is 13.7. The van der Waals surface area contributed by atoms with Crippen LogP contribution in [0.3, 0.4) is 0 Å². The van der Waals surface area contributed by atoms with Gasteiger partial charge in [-0.25, -0.2) is 0 Å². The smallest absolute Gasteiger partial charge is 0.0622 e. The molecule has 0 saturated heterocycles. The Bertz CT molecular complexity index is 9600. The molecule has 28 rings (SSSR count). The van der Waals surface area contributed by atoms with E-state index >= 15 is 0 Å². The van der Waals surface area contributed by atoms with Gasteiger partial charge in [-0.05, 0) is 318 Å². The molecule has 4 aliphatic carbocycles. The van der Waals surface area contributed by atoms with E-state index in [4.69, 9.17) is 6.85 Å². The number of benzene rings is 24. The van der Waals surface area contributed by atoms with Crippen molar-refractivity contribution in [3.8, 4) is 156 Å². The highest BCUT2D eigenvalue weighted by atomic mass is 14.4. The molecule has 24 aromatic rings. The van der Waals surface area contributed by atoms with Gasteiger partial charge in [-0.2, -0.15) is 0 Å². The topological polar surface area (TPSA) is 0 Å². The van der Waals surface area contributed by atoms with Crippen molar-refractivity contribution in [2.75, 3.05) is 0 Å². The molecule has 0 heteroatoms. The summed E-state index contributed by atoms with van der Waals surface area (Å²) >= 11 is 0. The van der Waals surface area contributed by atoms with E-state index < -0.39 is 0 Å². The summed E-state index contributed by atoms with van der Waals surface area (Å²) in [6.45, 7) is 18.8. The van der Waals surface area contributed by atoms with Gasteiger partial charge in [0.1, 0.15) is 0 Å². The van der Waals surface area contributed by atoms with Crippen LogP contribution in [0.4, 0.5) is 0 Å². The molecule has 0 unspecified atom stereocenters. The van der Waals surface area contributed by atoms with Crippen LogP contribution in [0.5, 0.6) is 0 Å². The summed E-state index contributed by atoms with van der Waals surface area (Å²) in [7, 11) is 0. The van der Waals surface area contributed by atoms with Crippen LogP contribution in [-0.2, 0) is 21.7 Å². The Kier molecular flexibility index (Phi) is 18.9. The van der Waals surface area contributed by atoms with Gasteiger partial charge in [-0.1, -0.05) is 498 Å². The molecule has 24 aromatic carbocycles. The average molecular weight is 1820 g/mol. The molecule has 0 saturated carbocycles. The third-order valence-corrected chi connectivity index (χ3v) is 31.9. The molecule has 0 spiro atoms. The average Bonchev–Trinajstić information content (AvgIpc) is 1.70. The maximum atomic E-state index is 8.70. The molecule has 142 heavy (non-hydrogen) atoms. The maximum absolute atomic E-state index is 8.70. The molecule has 0 amide bonds. The second kappa shape index (κ2) is 33.5. The largest absolute Gasteiger partial charge is 0.0629 e. The number of hydrogen-bond acceptors (Lipinski definition) is 0. The molecule has 0 heterocycles. The lowest BCUT2D eigenvalue weighted by Crippen LogP contribution is -2.14. The molecular weight excluding hydrogens is 1710 g/mol. The predicted molar refractivity (Wildman–Crippen MR) is 606 cm³/mol. The van der Waals surface area contributed by atoms with E-state index in [0.29, 0.717) is 5.56 Å². The number of hydrogen-bond donors (Lipinski definition) is 0. The monoisotopic (exact) mass is 1810 g/mol. The highest BCUT2D eigenvalue weighted by Gasteiger charge is 2.41. The predicted octanol–water partition coefficient (Wildman–Crippen LogP) is 39.0. The van der Waals surface area contributed by atoms with Crippen LogP contribution in [0.1, 0.15) is 107 Å². The summed E-state index contributed by atoms with van der Waals surface area (Å²) in [5.74, 6) is 0. The van der Waals surface area contributed by atoms with Crippen molar-refractivity contribution in [2.24, 2.45) is 0 Å². The highest BCUT2D eigenvalue weighted by molar-refractivity contribution is 6.26. The SMILES string of the molecule is CC1(C)c2ccccc2-c2ccc(-c3c4ccccc4c(-c4ccccc4)c4cc(-c5ccc(-c6cccc7ccccc67)cc5)ccc34)cc21.CC1(C)c2ccccc2-c2ccc(-c3ccc4c(-c5ccc6c(c5)C(C)(C)c5ccccc5-6)c5ccccc5c(-c5ccccc5)c4c3)cc21.[2H]c1c([2H])c([2H])c(-c2ccc3c(-c4ccc5c(c4)C(C)(C)c4ccccc4-5)c4ccccc4c(-c4ccccc4)c3c2)c([2H])c1[2H]. The number of rotatable bonds is 10. The normalized spacial score (nSPS) is 14.2. The van der Waals surface area contributed by atoms with E-state index in [0.717, 1.165) is 43.8 Å². The molecule has 0 N–H and O–H groups in total. The molecule has 0 radical (unpaired) electrons. The van der Waals surface area contributed by atoms with Crippen molar-refractivity contribution < 1.29 is 6.85 Å². The van der Waals surface area contributed by atoms with Crippen molar-refractivity contribution in [1.82, 2.24) is 0 Å². The van der Waals surface area contributed by atoms with Crippen molar-refractivity contribution in [1.29, 1.82) is 0 Å². The van der Waals surface area contributed by atoms with Gasteiger partial charge in [0.25, 0.3) is 0 Å². The summed E-state index contributed by atoms with van der Waals surface area (Å²) in [4.78, 5) is 0. The summed E-state index contributed by atoms with van der Waals surface area (Å²) in [6.07, 6.45) is 0. The Morgan fingerprint density at radius 3 is 0.711 bits per heavy atom. The van der Waals surface area contributed by atoms with Gasteiger partial charge in [0.2, 0.25) is 0 Å². The first-order valence-corrected chi connectivity index (χ1v) is 49.8. The van der Waals surface area contributed by atoms with Gasteiger partial charge in [0.15, 0.2) is 0 Å². The summed E-state index contributed by atoms with van der Waals surface area (Å²) < 4.78 is 42.1. The summed E-state index contributed by atoms with van der Waals surface area (Å²) in [6, 6.07) is 165. The standard InChI is InChI=1S/C51H36.C50H38.C41H30/c1-51(2)47-22-11-10-18-41(47)42-29-28-38(32-48(42)51)50-44-20-9-8-19-43(44)49(36-14-4-3-5-15-36)46-31-37(27-30-45(46)50)33-23-25-35(26-24-33)40-21-12-16-34-13-6-7-17-39(34)40;1-49(2)43-20-12-10-16-35(43)37-25-22-33(29-45(37)49)32-23-27-41-42(28-32)47(31-14-6-5-7-15-31)39-18-8-9-19-40(39)48(41)34-24-26-38-36-17-11-13-21-44(36)50(3,4)46(38)30-34;1-41(2)37-20-12-11-17-31(37)32-23-22-30(26-38(32)41)40-34-19-10-9-18-33(34)39(28-15-7-4-8-16-28)36-25-29(21-24-35(36)40)27-13-5-3-6-14-27/h3-32H,1-2H3;5-30H,1-4H3;3-26H,1-2H3/i;;3D,5D,6D,13D,14D. The lowest BCUT2D eigenvalue weighted by molar-refractivity contribution is 0.660. The van der Waals surface area contributed by atoms with E-state index in [1.165, 1.54) is 221 Å². The zero-order chi connectivity index (χ0) is 99.8. The van der Waals surface area contributed by atoms with Crippen LogP contribution < -0.4 is 0 Å². The van der Waals surface area contributed by atoms with E-state index in [-0.39, 0.29) is 57.4 Å². The molecule has 0 nitrogen and oxygen atoms in total. The molecule has 672 valence electrons. The first-order chi connectivity index (χ1) is 71.6. The fraction of sp³-hybridized carbons (Fsp3) is 0.0845. The minimum atomic E-state index is -0.389. The van der Waals surface area contributed by atoms with Crippen LogP contribution in [0.2, 0.25) is 0 Å².